The largest absolute Gasteiger partial charge is 0.492 e. The van der Waals surface area contributed by atoms with Crippen molar-refractivity contribution in [2.24, 2.45) is 0 Å². The lowest BCUT2D eigenvalue weighted by Crippen LogP contribution is -2.32. The number of ether oxygens (including phenoxy) is 1. The van der Waals surface area contributed by atoms with E-state index in [1.165, 1.54) is 32.4 Å². The predicted octanol–water partition coefficient (Wildman–Crippen LogP) is 4.11. The lowest BCUT2D eigenvalue weighted by Gasteiger charge is -2.27. The minimum Gasteiger partial charge on any atom is -0.492 e. The molecule has 2 aromatic rings. The highest BCUT2D eigenvalue weighted by atomic mass is 35.5. The van der Waals surface area contributed by atoms with Gasteiger partial charge in [0.05, 0.1) is 0 Å². The maximum atomic E-state index is 6.24. The maximum absolute atomic E-state index is 6.24. The Morgan fingerprint density at radius 2 is 1.96 bits per heavy atom. The summed E-state index contributed by atoms with van der Waals surface area (Å²) in [6.07, 6.45) is 8.02. The van der Waals surface area contributed by atoms with E-state index in [0.29, 0.717) is 11.6 Å². The van der Waals surface area contributed by atoms with Crippen molar-refractivity contribution >= 4 is 11.6 Å². The Hall–Kier alpha value is -1.56. The van der Waals surface area contributed by atoms with Crippen LogP contribution in [0.25, 0.3) is 0 Å². The fraction of sp³-hybridized carbons (Fsp3) is 0.591. The number of hydrogen-bond donors (Lipinski definition) is 0. The van der Waals surface area contributed by atoms with E-state index in [9.17, 15) is 0 Å². The van der Waals surface area contributed by atoms with Crippen molar-refractivity contribution in [2.45, 2.75) is 38.6 Å². The maximum Gasteiger partial charge on any atom is 0.124 e. The first-order valence-corrected chi connectivity index (χ1v) is 10.7. The van der Waals surface area contributed by atoms with Gasteiger partial charge in [0, 0.05) is 48.5 Å². The Kier molecular flexibility index (Phi) is 7.77. The molecule has 1 aliphatic rings. The molecule has 1 aromatic heterocycles. The van der Waals surface area contributed by atoms with Crippen molar-refractivity contribution in [1.29, 1.82) is 0 Å². The summed E-state index contributed by atoms with van der Waals surface area (Å²) in [5, 5.41) is 0.698. The van der Waals surface area contributed by atoms with Crippen LogP contribution < -0.4 is 4.74 Å². The third-order valence-corrected chi connectivity index (χ3v) is 5.71. The molecule has 1 unspecified atom stereocenters. The first-order chi connectivity index (χ1) is 13.5. The molecule has 1 aliphatic heterocycles. The van der Waals surface area contributed by atoms with Gasteiger partial charge in [-0.15, -0.1) is 0 Å². The van der Waals surface area contributed by atoms with Gasteiger partial charge < -0.3 is 19.1 Å². The van der Waals surface area contributed by atoms with Crippen LogP contribution in [0.1, 0.15) is 43.5 Å². The molecule has 154 valence electrons. The van der Waals surface area contributed by atoms with Gasteiger partial charge in [0.25, 0.3) is 0 Å². The molecule has 0 aliphatic carbocycles. The molecular formula is C22H33ClN4O. The van der Waals surface area contributed by atoms with E-state index in [2.05, 4.69) is 38.5 Å². The van der Waals surface area contributed by atoms with E-state index in [4.69, 9.17) is 16.3 Å². The van der Waals surface area contributed by atoms with Gasteiger partial charge in [-0.1, -0.05) is 31.0 Å². The Morgan fingerprint density at radius 1 is 1.18 bits per heavy atom. The van der Waals surface area contributed by atoms with Crippen LogP contribution in [-0.2, 0) is 6.54 Å². The second-order valence-electron chi connectivity index (χ2n) is 7.94. The van der Waals surface area contributed by atoms with Crippen molar-refractivity contribution in [3.05, 3.63) is 47.0 Å². The highest BCUT2D eigenvalue weighted by molar-refractivity contribution is 6.30. The molecule has 0 radical (unpaired) electrons. The zero-order chi connectivity index (χ0) is 19.9. The summed E-state index contributed by atoms with van der Waals surface area (Å²) in [5.74, 6) is 2.08. The van der Waals surface area contributed by atoms with E-state index in [-0.39, 0.29) is 5.92 Å². The summed E-state index contributed by atoms with van der Waals surface area (Å²) >= 11 is 6.24. The molecule has 6 heteroatoms. The molecule has 1 saturated heterocycles. The number of nitrogens with zero attached hydrogens (tertiary/aromatic N) is 4. The van der Waals surface area contributed by atoms with E-state index in [1.54, 1.807) is 0 Å². The SMILES string of the molecule is CC(c1ccc(Cl)cc1OCCN(C)C)c1nccn1CCN1CCCCC1. The summed E-state index contributed by atoms with van der Waals surface area (Å²) in [4.78, 5) is 9.35. The van der Waals surface area contributed by atoms with Gasteiger partial charge >= 0.3 is 0 Å². The average molecular weight is 405 g/mol. The monoisotopic (exact) mass is 404 g/mol. The van der Waals surface area contributed by atoms with Crippen molar-refractivity contribution in [3.8, 4) is 5.75 Å². The smallest absolute Gasteiger partial charge is 0.124 e. The topological polar surface area (TPSA) is 33.5 Å². The van der Waals surface area contributed by atoms with Gasteiger partial charge in [-0.2, -0.15) is 0 Å². The van der Waals surface area contributed by atoms with Crippen LogP contribution in [0.3, 0.4) is 0 Å². The second-order valence-corrected chi connectivity index (χ2v) is 8.37. The number of piperidine rings is 1. The summed E-state index contributed by atoms with van der Waals surface area (Å²) in [6, 6.07) is 5.93. The van der Waals surface area contributed by atoms with Gasteiger partial charge in [-0.25, -0.2) is 4.98 Å². The van der Waals surface area contributed by atoms with Gasteiger partial charge in [-0.3, -0.25) is 0 Å². The number of halogens is 1. The van der Waals surface area contributed by atoms with Crippen molar-refractivity contribution in [1.82, 2.24) is 19.4 Å². The molecule has 0 amide bonds. The van der Waals surface area contributed by atoms with Crippen molar-refractivity contribution in [3.63, 3.8) is 0 Å². The molecule has 0 bridgehead atoms. The predicted molar refractivity (Wildman–Crippen MR) is 116 cm³/mol. The lowest BCUT2D eigenvalue weighted by molar-refractivity contribution is 0.220. The Morgan fingerprint density at radius 3 is 2.71 bits per heavy atom. The molecule has 0 spiro atoms. The second kappa shape index (κ2) is 10.3. The number of aromatic nitrogens is 2. The summed E-state index contributed by atoms with van der Waals surface area (Å²) < 4.78 is 8.36. The van der Waals surface area contributed by atoms with E-state index in [0.717, 1.165) is 36.8 Å². The fourth-order valence-corrected chi connectivity index (χ4v) is 3.95. The Bertz CT molecular complexity index is 740. The van der Waals surface area contributed by atoms with E-state index < -0.39 is 0 Å². The third kappa shape index (κ3) is 5.72. The van der Waals surface area contributed by atoms with Gasteiger partial charge in [0.15, 0.2) is 0 Å². The quantitative estimate of drug-likeness (QED) is 0.629. The van der Waals surface area contributed by atoms with Crippen LogP contribution in [0.5, 0.6) is 5.75 Å². The molecule has 0 N–H and O–H groups in total. The zero-order valence-electron chi connectivity index (χ0n) is 17.4. The minimum absolute atomic E-state index is 0.142. The summed E-state index contributed by atoms with van der Waals surface area (Å²) in [5.41, 5.74) is 1.13. The Balaban J connectivity index is 1.71. The summed E-state index contributed by atoms with van der Waals surface area (Å²) in [6.45, 7) is 8.21. The first-order valence-electron chi connectivity index (χ1n) is 10.3. The standard InChI is InChI=1S/C22H33ClN4O/c1-18(20-8-7-19(23)17-21(20)28-16-15-25(2)3)22-24-9-12-27(22)14-13-26-10-5-4-6-11-26/h7-9,12,17-18H,4-6,10-11,13-16H2,1-3H3. The fourth-order valence-electron chi connectivity index (χ4n) is 3.79. The molecule has 3 rings (SSSR count). The van der Waals surface area contributed by atoms with Gasteiger partial charge in [0.2, 0.25) is 0 Å². The van der Waals surface area contributed by atoms with Crippen LogP contribution in [-0.4, -0.2) is 66.2 Å². The first kappa shape index (κ1) is 21.2. The molecule has 1 aromatic carbocycles. The molecule has 1 fully saturated rings. The molecule has 0 saturated carbocycles. The van der Waals surface area contributed by atoms with Gasteiger partial charge in [-0.05, 0) is 52.2 Å². The number of hydrogen-bond acceptors (Lipinski definition) is 4. The van der Waals surface area contributed by atoms with Crippen molar-refractivity contribution < 1.29 is 4.74 Å². The molecule has 2 heterocycles. The van der Waals surface area contributed by atoms with Gasteiger partial charge in [0.1, 0.15) is 18.2 Å². The number of rotatable bonds is 9. The number of likely N-dealkylation sites (N-methyl/N-ethyl adjacent to an activating group) is 1. The molecular weight excluding hydrogens is 372 g/mol. The highest BCUT2D eigenvalue weighted by Gasteiger charge is 2.19. The average Bonchev–Trinajstić information content (AvgIpc) is 3.15. The van der Waals surface area contributed by atoms with E-state index >= 15 is 0 Å². The Labute approximate surface area is 174 Å². The lowest BCUT2D eigenvalue weighted by atomic mass is 9.99. The normalized spacial score (nSPS) is 16.5. The van der Waals surface area contributed by atoms with E-state index in [1.807, 2.05) is 32.4 Å². The zero-order valence-corrected chi connectivity index (χ0v) is 18.2. The van der Waals surface area contributed by atoms with Crippen molar-refractivity contribution in [2.75, 3.05) is 46.9 Å². The minimum atomic E-state index is 0.142. The molecule has 28 heavy (non-hydrogen) atoms. The molecule has 1 atom stereocenters. The molecule has 5 nitrogen and oxygen atoms in total. The van der Waals surface area contributed by atoms with Crippen LogP contribution in [0.2, 0.25) is 5.02 Å². The number of benzene rings is 1. The highest BCUT2D eigenvalue weighted by Crippen LogP contribution is 2.33. The number of imidazole rings is 1. The van der Waals surface area contributed by atoms with Crippen LogP contribution in [0.15, 0.2) is 30.6 Å². The van der Waals surface area contributed by atoms with Crippen LogP contribution in [0.4, 0.5) is 0 Å². The van der Waals surface area contributed by atoms with Crippen LogP contribution >= 0.6 is 11.6 Å². The summed E-state index contributed by atoms with van der Waals surface area (Å²) in [7, 11) is 4.09. The van der Waals surface area contributed by atoms with Crippen LogP contribution in [0, 0.1) is 0 Å². The third-order valence-electron chi connectivity index (χ3n) is 5.48. The number of likely N-dealkylation sites (tertiary alicyclic amines) is 1.